The van der Waals surface area contributed by atoms with Crippen molar-refractivity contribution in [2.45, 2.75) is 0 Å². The SMILES string of the molecule is CN1B(c2ccc3c(c2)c2cc(B4N(C)c5cccnc5N4C)ccc2n3-c2ccccc2)N(C)c2ncccc21. The number of aromatic nitrogens is 3. The fourth-order valence-corrected chi connectivity index (χ4v) is 7.02. The van der Waals surface area contributed by atoms with E-state index in [2.05, 4.69) is 141 Å². The molecular weight excluding hydrogens is 504 g/mol. The second kappa shape index (κ2) is 8.80. The average Bonchev–Trinajstić information content (AvgIpc) is 3.57. The van der Waals surface area contributed by atoms with Gasteiger partial charge in [0.2, 0.25) is 0 Å². The predicted octanol–water partition coefficient (Wildman–Crippen LogP) is 4.14. The van der Waals surface area contributed by atoms with Crippen molar-refractivity contribution in [3.63, 3.8) is 0 Å². The summed E-state index contributed by atoms with van der Waals surface area (Å²) in [6.45, 7) is 0.130. The van der Waals surface area contributed by atoms with Crippen molar-refractivity contribution in [2.24, 2.45) is 0 Å². The monoisotopic (exact) mass is 533 g/mol. The molecule has 0 radical (unpaired) electrons. The minimum atomic E-state index is 0.0651. The molecule has 6 aromatic rings. The summed E-state index contributed by atoms with van der Waals surface area (Å²) in [4.78, 5) is 18.5. The Morgan fingerprint density at radius 3 is 1.46 bits per heavy atom. The largest absolute Gasteiger partial charge is 0.412 e. The van der Waals surface area contributed by atoms with Crippen LogP contribution in [-0.4, -0.2) is 56.7 Å². The minimum absolute atomic E-state index is 0.0651. The van der Waals surface area contributed by atoms with Crippen LogP contribution >= 0.6 is 0 Å². The molecule has 3 aromatic heterocycles. The summed E-state index contributed by atoms with van der Waals surface area (Å²) in [5.41, 5.74) is 8.33. The molecule has 3 aromatic carbocycles. The second-order valence-electron chi connectivity index (χ2n) is 11.1. The van der Waals surface area contributed by atoms with Gasteiger partial charge in [0.1, 0.15) is 11.6 Å². The lowest BCUT2D eigenvalue weighted by molar-refractivity contribution is 1.18. The van der Waals surface area contributed by atoms with Crippen LogP contribution < -0.4 is 30.2 Å². The second-order valence-corrected chi connectivity index (χ2v) is 11.1. The highest BCUT2D eigenvalue weighted by Gasteiger charge is 2.40. The molecule has 0 spiro atoms. The van der Waals surface area contributed by atoms with Gasteiger partial charge in [-0.3, -0.25) is 0 Å². The Hall–Kier alpha value is -4.91. The van der Waals surface area contributed by atoms with Gasteiger partial charge in [0.25, 0.3) is 0 Å². The molecule has 0 fully saturated rings. The highest BCUT2D eigenvalue weighted by molar-refractivity contribution is 6.82. The lowest BCUT2D eigenvalue weighted by Crippen LogP contribution is -2.54. The molecule has 2 aliphatic heterocycles. The van der Waals surface area contributed by atoms with E-state index in [0.717, 1.165) is 28.7 Å². The molecule has 0 saturated carbocycles. The first-order valence-electron chi connectivity index (χ1n) is 14.0. The number of fused-ring (bicyclic) bond motifs is 5. The molecule has 41 heavy (non-hydrogen) atoms. The van der Waals surface area contributed by atoms with Crippen LogP contribution in [0, 0.1) is 0 Å². The van der Waals surface area contributed by atoms with E-state index >= 15 is 0 Å². The average molecular weight is 533 g/mol. The Morgan fingerprint density at radius 1 is 0.512 bits per heavy atom. The number of para-hydroxylation sites is 1. The smallest absolute Gasteiger partial charge is 0.392 e. The number of anilines is 4. The molecule has 198 valence electrons. The van der Waals surface area contributed by atoms with Crippen LogP contribution in [-0.2, 0) is 0 Å². The van der Waals surface area contributed by atoms with E-state index in [0.29, 0.717) is 0 Å². The van der Waals surface area contributed by atoms with Gasteiger partial charge < -0.3 is 23.8 Å². The molecule has 0 atom stereocenters. The number of hydrogen-bond acceptors (Lipinski definition) is 6. The molecular formula is C32H29B2N7. The summed E-state index contributed by atoms with van der Waals surface area (Å²) in [6.07, 6.45) is 3.74. The quantitative estimate of drug-likeness (QED) is 0.319. The van der Waals surface area contributed by atoms with Crippen molar-refractivity contribution >= 4 is 69.7 Å². The Morgan fingerprint density at radius 2 is 1.00 bits per heavy atom. The number of benzene rings is 3. The third kappa shape index (κ3) is 3.35. The molecule has 0 bridgehead atoms. The van der Waals surface area contributed by atoms with Gasteiger partial charge in [-0.2, -0.15) is 0 Å². The molecule has 0 saturated heterocycles. The normalized spacial score (nSPS) is 14.5. The zero-order valence-corrected chi connectivity index (χ0v) is 23.6. The van der Waals surface area contributed by atoms with Crippen molar-refractivity contribution < 1.29 is 0 Å². The highest BCUT2D eigenvalue weighted by atomic mass is 15.3. The molecule has 0 unspecified atom stereocenters. The number of rotatable bonds is 3. The van der Waals surface area contributed by atoms with E-state index in [4.69, 9.17) is 0 Å². The van der Waals surface area contributed by atoms with Gasteiger partial charge in [0.05, 0.1) is 22.4 Å². The molecule has 7 nitrogen and oxygen atoms in total. The first kappa shape index (κ1) is 23.9. The summed E-state index contributed by atoms with van der Waals surface area (Å²) < 4.78 is 2.38. The number of nitrogens with zero attached hydrogens (tertiary/aromatic N) is 7. The lowest BCUT2D eigenvalue weighted by Gasteiger charge is -2.23. The van der Waals surface area contributed by atoms with Crippen LogP contribution in [0.2, 0.25) is 0 Å². The maximum atomic E-state index is 4.68. The van der Waals surface area contributed by atoms with Crippen LogP contribution in [0.15, 0.2) is 103 Å². The van der Waals surface area contributed by atoms with Gasteiger partial charge >= 0.3 is 14.0 Å². The van der Waals surface area contributed by atoms with Gasteiger partial charge in [-0.1, -0.05) is 42.5 Å². The molecule has 5 heterocycles. The van der Waals surface area contributed by atoms with Gasteiger partial charge in [-0.25, -0.2) is 9.97 Å². The number of pyridine rings is 2. The predicted molar refractivity (Wildman–Crippen MR) is 174 cm³/mol. The minimum Gasteiger partial charge on any atom is -0.392 e. The molecule has 0 aliphatic carbocycles. The number of hydrogen-bond donors (Lipinski definition) is 0. The molecule has 0 amide bonds. The summed E-state index contributed by atoms with van der Waals surface area (Å²) in [5, 5.41) is 2.49. The first-order valence-corrected chi connectivity index (χ1v) is 14.0. The van der Waals surface area contributed by atoms with Crippen molar-refractivity contribution in [1.82, 2.24) is 14.5 Å². The standard InChI is InChI=1S/C32H29B2N7/c1-37-29-12-8-18-35-31(29)39(3)33(37)22-14-16-27-25(20-22)26-21-23(15-17-28(26)41(27)24-10-6-5-7-11-24)34-38(2)30-13-9-19-36-32(30)40(34)4/h5-21H,1-4H3. The van der Waals surface area contributed by atoms with Crippen LogP contribution in [0.5, 0.6) is 0 Å². The van der Waals surface area contributed by atoms with Crippen LogP contribution in [0.3, 0.4) is 0 Å². The van der Waals surface area contributed by atoms with Crippen molar-refractivity contribution in [3.05, 3.63) is 103 Å². The van der Waals surface area contributed by atoms with Gasteiger partial charge in [-0.05, 0) is 87.6 Å². The van der Waals surface area contributed by atoms with Crippen molar-refractivity contribution in [2.75, 3.05) is 47.4 Å². The Labute approximate surface area is 240 Å². The Kier molecular flexibility index (Phi) is 5.13. The van der Waals surface area contributed by atoms with E-state index in [1.807, 2.05) is 24.5 Å². The Balaban J connectivity index is 1.33. The maximum absolute atomic E-state index is 4.68. The molecule has 2 aliphatic rings. The summed E-state index contributed by atoms with van der Waals surface area (Å²) in [5.74, 6) is 2.02. The summed E-state index contributed by atoms with van der Waals surface area (Å²) >= 11 is 0. The third-order valence-electron chi connectivity index (χ3n) is 8.85. The van der Waals surface area contributed by atoms with E-state index < -0.39 is 0 Å². The summed E-state index contributed by atoms with van der Waals surface area (Å²) in [6, 6.07) is 32.8. The van der Waals surface area contributed by atoms with Crippen LogP contribution in [0.1, 0.15) is 0 Å². The van der Waals surface area contributed by atoms with Gasteiger partial charge in [-0.15, -0.1) is 0 Å². The van der Waals surface area contributed by atoms with Crippen LogP contribution in [0.4, 0.5) is 23.0 Å². The molecule has 8 rings (SSSR count). The van der Waals surface area contributed by atoms with E-state index in [1.54, 1.807) is 0 Å². The maximum Gasteiger partial charge on any atom is 0.412 e. The van der Waals surface area contributed by atoms with Gasteiger partial charge in [0.15, 0.2) is 0 Å². The zero-order valence-electron chi connectivity index (χ0n) is 23.6. The molecule has 9 heteroatoms. The summed E-state index contributed by atoms with van der Waals surface area (Å²) in [7, 11) is 8.57. The van der Waals surface area contributed by atoms with Crippen molar-refractivity contribution in [1.29, 1.82) is 0 Å². The van der Waals surface area contributed by atoms with Gasteiger partial charge in [0, 0.05) is 28.9 Å². The van der Waals surface area contributed by atoms with E-state index in [-0.39, 0.29) is 14.0 Å². The fraction of sp³-hybridized carbons (Fsp3) is 0.125. The zero-order chi connectivity index (χ0) is 27.8. The molecule has 0 N–H and O–H groups in total. The van der Waals surface area contributed by atoms with Crippen LogP contribution in [0.25, 0.3) is 27.5 Å². The van der Waals surface area contributed by atoms with Crippen molar-refractivity contribution in [3.8, 4) is 5.69 Å². The van der Waals surface area contributed by atoms with E-state index in [9.17, 15) is 0 Å². The highest BCUT2D eigenvalue weighted by Crippen LogP contribution is 2.37. The van der Waals surface area contributed by atoms with E-state index in [1.165, 1.54) is 32.7 Å². The lowest BCUT2D eigenvalue weighted by atomic mass is 9.65. The first-order chi connectivity index (χ1) is 20.0. The fourth-order valence-electron chi connectivity index (χ4n) is 7.02. The Bertz CT molecular complexity index is 1780. The topological polar surface area (TPSA) is 43.7 Å². The third-order valence-corrected chi connectivity index (χ3v) is 8.85.